The van der Waals surface area contributed by atoms with E-state index in [1.807, 2.05) is 12.1 Å². The van der Waals surface area contributed by atoms with E-state index in [4.69, 9.17) is 4.74 Å². The molecule has 2 fully saturated rings. The van der Waals surface area contributed by atoms with Gasteiger partial charge < -0.3 is 10.1 Å². The van der Waals surface area contributed by atoms with Crippen LogP contribution in [0.15, 0.2) is 48.5 Å². The number of benzene rings is 2. The smallest absolute Gasteiger partial charge is 0.251 e. The lowest BCUT2D eigenvalue weighted by atomic mass is 9.81. The third-order valence-corrected chi connectivity index (χ3v) is 6.07. The molecular weight excluding hydrogens is 355 g/mol. The summed E-state index contributed by atoms with van der Waals surface area (Å²) in [6, 6.07) is 15.3. The zero-order valence-electron chi connectivity index (χ0n) is 16.2. The van der Waals surface area contributed by atoms with Gasteiger partial charge in [-0.1, -0.05) is 24.6 Å². The molecule has 2 aromatic carbocycles. The number of hydrogen-bond donors (Lipinski definition) is 1. The fourth-order valence-electron chi connectivity index (χ4n) is 4.69. The minimum atomic E-state index is -0.376. The Bertz CT molecular complexity index is 810. The van der Waals surface area contributed by atoms with Gasteiger partial charge in [0.25, 0.3) is 5.91 Å². The molecule has 1 unspecified atom stereocenters. The van der Waals surface area contributed by atoms with Crippen molar-refractivity contribution >= 4 is 5.91 Å². The Morgan fingerprint density at radius 3 is 2.50 bits per heavy atom. The van der Waals surface area contributed by atoms with E-state index in [0.29, 0.717) is 17.6 Å². The van der Waals surface area contributed by atoms with E-state index in [0.717, 1.165) is 25.1 Å². The van der Waals surface area contributed by atoms with Crippen LogP contribution in [0.3, 0.4) is 0 Å². The van der Waals surface area contributed by atoms with Gasteiger partial charge in [-0.25, -0.2) is 4.39 Å². The number of nitrogens with one attached hydrogen (secondary N) is 1. The molecule has 2 aliphatic rings. The summed E-state index contributed by atoms with van der Waals surface area (Å²) in [7, 11) is 1.68. The van der Waals surface area contributed by atoms with Gasteiger partial charge in [0.15, 0.2) is 0 Å². The number of carbonyl (C=O) groups is 1. The maximum atomic E-state index is 13.4. The van der Waals surface area contributed by atoms with E-state index in [1.165, 1.54) is 37.0 Å². The maximum Gasteiger partial charge on any atom is 0.251 e. The van der Waals surface area contributed by atoms with Crippen molar-refractivity contribution in [1.82, 2.24) is 10.2 Å². The van der Waals surface area contributed by atoms with Crippen LogP contribution in [0.25, 0.3) is 0 Å². The fraction of sp³-hybridized carbons (Fsp3) is 0.435. The first-order chi connectivity index (χ1) is 13.6. The second kappa shape index (κ2) is 8.31. The first kappa shape index (κ1) is 18.9. The van der Waals surface area contributed by atoms with E-state index in [2.05, 4.69) is 22.3 Å². The zero-order chi connectivity index (χ0) is 19.5. The van der Waals surface area contributed by atoms with Crippen molar-refractivity contribution in [2.75, 3.05) is 7.11 Å². The van der Waals surface area contributed by atoms with Crippen molar-refractivity contribution in [1.29, 1.82) is 0 Å². The number of piperidine rings is 2. The number of nitrogens with zero attached hydrogens (tertiary/aromatic N) is 1. The molecule has 3 atom stereocenters. The van der Waals surface area contributed by atoms with Crippen LogP contribution in [0.5, 0.6) is 5.75 Å². The van der Waals surface area contributed by atoms with Crippen molar-refractivity contribution in [3.8, 4) is 5.75 Å². The summed E-state index contributed by atoms with van der Waals surface area (Å²) in [5.74, 6) is 0.327. The Labute approximate surface area is 165 Å². The minimum absolute atomic E-state index is 0.151. The Morgan fingerprint density at radius 2 is 1.86 bits per heavy atom. The van der Waals surface area contributed by atoms with Crippen molar-refractivity contribution in [3.63, 3.8) is 0 Å². The minimum Gasteiger partial charge on any atom is -0.497 e. The molecule has 0 spiro atoms. The van der Waals surface area contributed by atoms with Crippen LogP contribution in [0.1, 0.15) is 48.0 Å². The molecular formula is C23H27FN2O2. The summed E-state index contributed by atoms with van der Waals surface area (Å²) < 4.78 is 18.7. The van der Waals surface area contributed by atoms with Crippen molar-refractivity contribution in [2.24, 2.45) is 0 Å². The third-order valence-electron chi connectivity index (χ3n) is 6.07. The summed E-state index contributed by atoms with van der Waals surface area (Å²) >= 11 is 0. The van der Waals surface area contributed by atoms with Crippen molar-refractivity contribution in [2.45, 2.75) is 56.8 Å². The molecule has 2 aromatic rings. The molecule has 2 saturated heterocycles. The maximum absolute atomic E-state index is 13.4. The normalized spacial score (nSPS) is 24.6. The molecule has 2 aliphatic heterocycles. The highest BCUT2D eigenvalue weighted by Crippen LogP contribution is 2.35. The Hall–Kier alpha value is -2.40. The molecule has 28 heavy (non-hydrogen) atoms. The van der Waals surface area contributed by atoms with Crippen LogP contribution in [-0.4, -0.2) is 36.0 Å². The molecule has 148 valence electrons. The fourth-order valence-corrected chi connectivity index (χ4v) is 4.69. The molecule has 0 aromatic heterocycles. The molecule has 4 nitrogen and oxygen atoms in total. The average Bonchev–Trinajstić information content (AvgIpc) is 2.69. The topological polar surface area (TPSA) is 41.6 Å². The molecule has 2 bridgehead atoms. The number of methoxy groups -OCH3 is 1. The van der Waals surface area contributed by atoms with Gasteiger partial charge in [0.2, 0.25) is 0 Å². The summed E-state index contributed by atoms with van der Waals surface area (Å²) in [6.07, 6.45) is 5.48. The summed E-state index contributed by atoms with van der Waals surface area (Å²) in [5, 5.41) is 3.14. The second-order valence-corrected chi connectivity index (χ2v) is 7.91. The molecule has 5 heteroatoms. The number of hydrogen-bond acceptors (Lipinski definition) is 3. The van der Waals surface area contributed by atoms with Crippen LogP contribution in [-0.2, 0) is 6.54 Å². The number of halogens is 1. The van der Waals surface area contributed by atoms with Gasteiger partial charge in [0.05, 0.1) is 7.11 Å². The molecule has 4 rings (SSSR count). The van der Waals surface area contributed by atoms with Crippen LogP contribution < -0.4 is 10.1 Å². The lowest BCUT2D eigenvalue weighted by Gasteiger charge is -2.49. The standard InChI is InChI=1S/C23H27FN2O2/c1-28-22-10-8-16(9-11-22)15-26-20-6-3-7-21(26)14-19(13-20)25-23(27)17-4-2-5-18(24)12-17/h2,4-5,8-12,19-21H,3,6-7,13-15H2,1H3,(H,25,27)/t19?,20-,21+. The van der Waals surface area contributed by atoms with Gasteiger partial charge in [0, 0.05) is 30.2 Å². The quantitative estimate of drug-likeness (QED) is 0.845. The van der Waals surface area contributed by atoms with Gasteiger partial charge in [-0.15, -0.1) is 0 Å². The SMILES string of the molecule is COc1ccc(CN2[C@@H]3CCC[C@H]2CC(NC(=O)c2cccc(F)c2)C3)cc1. The van der Waals surface area contributed by atoms with E-state index >= 15 is 0 Å². The Morgan fingerprint density at radius 1 is 1.14 bits per heavy atom. The van der Waals surface area contributed by atoms with Gasteiger partial charge in [0.1, 0.15) is 11.6 Å². The van der Waals surface area contributed by atoms with Gasteiger partial charge in [-0.3, -0.25) is 9.69 Å². The summed E-state index contributed by atoms with van der Waals surface area (Å²) in [6.45, 7) is 0.934. The van der Waals surface area contributed by atoms with Crippen molar-refractivity contribution < 1.29 is 13.9 Å². The number of carbonyl (C=O) groups excluding carboxylic acids is 1. The van der Waals surface area contributed by atoms with Gasteiger partial charge in [-0.2, -0.15) is 0 Å². The molecule has 0 saturated carbocycles. The summed E-state index contributed by atoms with van der Waals surface area (Å²) in [4.78, 5) is 15.1. The van der Waals surface area contributed by atoms with E-state index in [-0.39, 0.29) is 17.8 Å². The Kier molecular flexibility index (Phi) is 5.62. The number of amides is 1. The van der Waals surface area contributed by atoms with Crippen LogP contribution >= 0.6 is 0 Å². The monoisotopic (exact) mass is 382 g/mol. The Balaban J connectivity index is 1.40. The molecule has 2 heterocycles. The van der Waals surface area contributed by atoms with E-state index < -0.39 is 0 Å². The molecule has 0 aliphatic carbocycles. The number of fused-ring (bicyclic) bond motifs is 2. The largest absolute Gasteiger partial charge is 0.497 e. The predicted octanol–water partition coefficient (Wildman–Crippen LogP) is 4.15. The highest BCUT2D eigenvalue weighted by molar-refractivity contribution is 5.94. The number of ether oxygens (including phenoxy) is 1. The van der Waals surface area contributed by atoms with Crippen LogP contribution in [0.4, 0.5) is 4.39 Å². The molecule has 1 amide bonds. The first-order valence-corrected chi connectivity index (χ1v) is 10.1. The van der Waals surface area contributed by atoms with Gasteiger partial charge >= 0.3 is 0 Å². The predicted molar refractivity (Wildman–Crippen MR) is 107 cm³/mol. The van der Waals surface area contributed by atoms with Gasteiger partial charge in [-0.05, 0) is 61.6 Å². The van der Waals surface area contributed by atoms with E-state index in [9.17, 15) is 9.18 Å². The lowest BCUT2D eigenvalue weighted by Crippen LogP contribution is -2.56. The highest BCUT2D eigenvalue weighted by atomic mass is 19.1. The van der Waals surface area contributed by atoms with E-state index in [1.54, 1.807) is 19.2 Å². The lowest BCUT2D eigenvalue weighted by molar-refractivity contribution is 0.0177. The third kappa shape index (κ3) is 4.20. The highest BCUT2D eigenvalue weighted by Gasteiger charge is 2.38. The zero-order valence-corrected chi connectivity index (χ0v) is 16.2. The average molecular weight is 382 g/mol. The molecule has 0 radical (unpaired) electrons. The number of rotatable bonds is 5. The van der Waals surface area contributed by atoms with Crippen LogP contribution in [0, 0.1) is 5.82 Å². The van der Waals surface area contributed by atoms with Crippen LogP contribution in [0.2, 0.25) is 0 Å². The summed E-state index contributed by atoms with van der Waals surface area (Å²) in [5.41, 5.74) is 1.69. The first-order valence-electron chi connectivity index (χ1n) is 10.1. The molecule has 1 N–H and O–H groups in total. The second-order valence-electron chi connectivity index (χ2n) is 7.91. The van der Waals surface area contributed by atoms with Crippen molar-refractivity contribution in [3.05, 3.63) is 65.5 Å².